The topological polar surface area (TPSA) is 32.3 Å². The van der Waals surface area contributed by atoms with Gasteiger partial charge in [0.2, 0.25) is 5.91 Å². The number of hydrogen-bond acceptors (Lipinski definition) is 2. The minimum absolute atomic E-state index is 0.0342. The lowest BCUT2D eigenvalue weighted by Gasteiger charge is -2.28. The fourth-order valence-corrected chi connectivity index (χ4v) is 2.28. The number of benzene rings is 1. The van der Waals surface area contributed by atoms with E-state index < -0.39 is 0 Å². The second-order valence-corrected chi connectivity index (χ2v) is 4.96. The zero-order valence-corrected chi connectivity index (χ0v) is 11.3. The van der Waals surface area contributed by atoms with Crippen LogP contribution in [-0.2, 0) is 4.79 Å². The normalized spacial score (nSPS) is 12.9. The molecular weight excluding hydrogens is 212 g/mol. The molecule has 0 fully saturated rings. The molecule has 0 aliphatic carbocycles. The van der Waals surface area contributed by atoms with E-state index in [1.54, 1.807) is 0 Å². The molecule has 3 nitrogen and oxygen atoms in total. The Balaban J connectivity index is 3.00. The van der Waals surface area contributed by atoms with E-state index in [4.69, 9.17) is 0 Å². The number of nitrogens with one attached hydrogen (secondary N) is 1. The van der Waals surface area contributed by atoms with Crippen molar-refractivity contribution in [1.82, 2.24) is 4.90 Å². The molecule has 0 aromatic heterocycles. The lowest BCUT2D eigenvalue weighted by molar-refractivity contribution is -0.114. The number of nitrogens with zero attached hydrogens (tertiary/aromatic N) is 1. The first kappa shape index (κ1) is 13.7. The molecule has 0 aliphatic rings. The van der Waals surface area contributed by atoms with Gasteiger partial charge < -0.3 is 10.2 Å². The molecule has 1 N–H and O–H groups in total. The highest BCUT2D eigenvalue weighted by molar-refractivity contribution is 5.88. The molecule has 94 valence electrons. The number of rotatable bonds is 4. The molecular formula is C14H22N2O. The highest BCUT2D eigenvalue weighted by atomic mass is 16.1. The summed E-state index contributed by atoms with van der Waals surface area (Å²) >= 11 is 0. The van der Waals surface area contributed by atoms with Gasteiger partial charge in [-0.3, -0.25) is 4.79 Å². The van der Waals surface area contributed by atoms with Crippen LogP contribution in [0.4, 0.5) is 5.69 Å². The van der Waals surface area contributed by atoms with Gasteiger partial charge in [0.1, 0.15) is 0 Å². The standard InChI is InChI=1S/C14H22N2O/c1-10(2)14(16(4)5)12-7-6-8-13(9-12)15-11(3)17/h6-10,14H,1-5H3,(H,15,17)/t14-/m1/s1. The Hall–Kier alpha value is -1.35. The van der Waals surface area contributed by atoms with E-state index in [2.05, 4.69) is 44.2 Å². The van der Waals surface area contributed by atoms with Crippen molar-refractivity contribution in [3.63, 3.8) is 0 Å². The average Bonchev–Trinajstić information content (AvgIpc) is 2.15. The lowest BCUT2D eigenvalue weighted by atomic mass is 9.95. The van der Waals surface area contributed by atoms with Crippen LogP contribution in [0.3, 0.4) is 0 Å². The van der Waals surface area contributed by atoms with Crippen molar-refractivity contribution < 1.29 is 4.79 Å². The Morgan fingerprint density at radius 2 is 1.94 bits per heavy atom. The van der Waals surface area contributed by atoms with E-state index in [1.807, 2.05) is 18.2 Å². The zero-order chi connectivity index (χ0) is 13.0. The van der Waals surface area contributed by atoms with Crippen LogP contribution in [0.15, 0.2) is 24.3 Å². The SMILES string of the molecule is CC(=O)Nc1cccc([C@@H](C(C)C)N(C)C)c1. The molecule has 1 amide bonds. The fraction of sp³-hybridized carbons (Fsp3) is 0.500. The largest absolute Gasteiger partial charge is 0.326 e. The fourth-order valence-electron chi connectivity index (χ4n) is 2.28. The maximum absolute atomic E-state index is 11.0. The summed E-state index contributed by atoms with van der Waals surface area (Å²) in [4.78, 5) is 13.2. The first-order chi connectivity index (χ1) is 7.91. The molecule has 1 atom stereocenters. The van der Waals surface area contributed by atoms with Crippen molar-refractivity contribution >= 4 is 11.6 Å². The van der Waals surface area contributed by atoms with Crippen LogP contribution in [-0.4, -0.2) is 24.9 Å². The lowest BCUT2D eigenvalue weighted by Crippen LogP contribution is -2.24. The van der Waals surface area contributed by atoms with Crippen LogP contribution < -0.4 is 5.32 Å². The molecule has 1 aromatic rings. The van der Waals surface area contributed by atoms with Gasteiger partial charge in [-0.1, -0.05) is 26.0 Å². The van der Waals surface area contributed by atoms with Gasteiger partial charge in [-0.15, -0.1) is 0 Å². The van der Waals surface area contributed by atoms with Gasteiger partial charge in [0.25, 0.3) is 0 Å². The van der Waals surface area contributed by atoms with Crippen LogP contribution in [0.1, 0.15) is 32.4 Å². The van der Waals surface area contributed by atoms with Crippen LogP contribution in [0.5, 0.6) is 0 Å². The summed E-state index contributed by atoms with van der Waals surface area (Å²) in [5, 5.41) is 2.82. The van der Waals surface area contributed by atoms with Crippen molar-refractivity contribution in [2.75, 3.05) is 19.4 Å². The Labute approximate surface area is 104 Å². The molecule has 0 spiro atoms. The van der Waals surface area contributed by atoms with E-state index >= 15 is 0 Å². The zero-order valence-electron chi connectivity index (χ0n) is 11.3. The quantitative estimate of drug-likeness (QED) is 0.868. The summed E-state index contributed by atoms with van der Waals surface area (Å²) in [7, 11) is 4.16. The maximum Gasteiger partial charge on any atom is 0.221 e. The predicted octanol–water partition coefficient (Wildman–Crippen LogP) is 2.90. The monoisotopic (exact) mass is 234 g/mol. The van der Waals surface area contributed by atoms with Gasteiger partial charge in [0, 0.05) is 18.7 Å². The van der Waals surface area contributed by atoms with Crippen molar-refractivity contribution in [3.8, 4) is 0 Å². The van der Waals surface area contributed by atoms with Crippen molar-refractivity contribution in [3.05, 3.63) is 29.8 Å². The minimum atomic E-state index is -0.0342. The molecule has 0 radical (unpaired) electrons. The second-order valence-electron chi connectivity index (χ2n) is 4.96. The smallest absolute Gasteiger partial charge is 0.221 e. The van der Waals surface area contributed by atoms with Gasteiger partial charge in [0.05, 0.1) is 0 Å². The van der Waals surface area contributed by atoms with E-state index in [1.165, 1.54) is 12.5 Å². The van der Waals surface area contributed by atoms with Crippen LogP contribution >= 0.6 is 0 Å². The maximum atomic E-state index is 11.0. The molecule has 0 bridgehead atoms. The van der Waals surface area contributed by atoms with Crippen molar-refractivity contribution in [2.24, 2.45) is 5.92 Å². The number of amides is 1. The molecule has 1 rings (SSSR count). The number of carbonyl (C=O) groups is 1. The van der Waals surface area contributed by atoms with E-state index in [0.717, 1.165) is 5.69 Å². The van der Waals surface area contributed by atoms with Crippen LogP contribution in [0, 0.1) is 5.92 Å². The Bertz CT molecular complexity index is 378. The number of carbonyl (C=O) groups excluding carboxylic acids is 1. The first-order valence-corrected chi connectivity index (χ1v) is 5.95. The summed E-state index contributed by atoms with van der Waals surface area (Å²) < 4.78 is 0. The summed E-state index contributed by atoms with van der Waals surface area (Å²) in [6, 6.07) is 8.42. The number of hydrogen-bond donors (Lipinski definition) is 1. The van der Waals surface area contributed by atoms with Crippen molar-refractivity contribution in [1.29, 1.82) is 0 Å². The summed E-state index contributed by atoms with van der Waals surface area (Å²) in [6.45, 7) is 5.93. The second kappa shape index (κ2) is 5.82. The molecule has 17 heavy (non-hydrogen) atoms. The van der Waals surface area contributed by atoms with Gasteiger partial charge in [-0.25, -0.2) is 0 Å². The van der Waals surface area contributed by atoms with Gasteiger partial charge in [0.15, 0.2) is 0 Å². The highest BCUT2D eigenvalue weighted by Gasteiger charge is 2.18. The van der Waals surface area contributed by atoms with E-state index in [0.29, 0.717) is 12.0 Å². The molecule has 0 aliphatic heterocycles. The molecule has 1 aromatic carbocycles. The predicted molar refractivity (Wildman–Crippen MR) is 72.0 cm³/mol. The van der Waals surface area contributed by atoms with Crippen LogP contribution in [0.25, 0.3) is 0 Å². The van der Waals surface area contributed by atoms with Crippen molar-refractivity contribution in [2.45, 2.75) is 26.8 Å². The number of anilines is 1. The minimum Gasteiger partial charge on any atom is -0.326 e. The van der Waals surface area contributed by atoms with Crippen LogP contribution in [0.2, 0.25) is 0 Å². The third kappa shape index (κ3) is 3.86. The Morgan fingerprint density at radius 1 is 1.29 bits per heavy atom. The Kier molecular flexibility index (Phi) is 4.70. The highest BCUT2D eigenvalue weighted by Crippen LogP contribution is 2.27. The third-order valence-corrected chi connectivity index (χ3v) is 2.74. The molecule has 0 saturated heterocycles. The molecule has 0 saturated carbocycles. The first-order valence-electron chi connectivity index (χ1n) is 5.95. The van der Waals surface area contributed by atoms with Gasteiger partial charge >= 0.3 is 0 Å². The average molecular weight is 234 g/mol. The molecule has 0 unspecified atom stereocenters. The third-order valence-electron chi connectivity index (χ3n) is 2.74. The summed E-state index contributed by atoms with van der Waals surface area (Å²) in [5.41, 5.74) is 2.10. The molecule has 3 heteroatoms. The summed E-state index contributed by atoms with van der Waals surface area (Å²) in [6.07, 6.45) is 0. The molecule has 0 heterocycles. The summed E-state index contributed by atoms with van der Waals surface area (Å²) in [5.74, 6) is 0.491. The van der Waals surface area contributed by atoms with E-state index in [-0.39, 0.29) is 5.91 Å². The van der Waals surface area contributed by atoms with E-state index in [9.17, 15) is 4.79 Å². The van der Waals surface area contributed by atoms with Gasteiger partial charge in [-0.05, 0) is 37.7 Å². The van der Waals surface area contributed by atoms with Gasteiger partial charge in [-0.2, -0.15) is 0 Å². The Morgan fingerprint density at radius 3 is 2.41 bits per heavy atom.